The zero-order valence-electron chi connectivity index (χ0n) is 6.23. The average Bonchev–Trinajstić information content (AvgIpc) is 2.08. The Hall–Kier alpha value is -0.720. The number of rotatable bonds is 2. The zero-order chi connectivity index (χ0) is 9.84. The minimum Gasteiger partial charge on any atom is -0.428 e. The average molecular weight is 300 g/mol. The highest BCUT2D eigenvalue weighted by Crippen LogP contribution is 2.19. The fourth-order valence-corrected chi connectivity index (χ4v) is 1.00. The Bertz CT molecular complexity index is 317. The summed E-state index contributed by atoms with van der Waals surface area (Å²) in [5, 5.41) is 0. The zero-order valence-corrected chi connectivity index (χ0v) is 8.39. The molecular weight excluding hydrogens is 296 g/mol. The van der Waals surface area contributed by atoms with Gasteiger partial charge in [0.15, 0.2) is 0 Å². The van der Waals surface area contributed by atoms with Crippen molar-refractivity contribution in [3.8, 4) is 5.75 Å². The molecule has 70 valence electrons. The number of halogens is 4. The maximum absolute atomic E-state index is 12.2. The first kappa shape index (κ1) is 10.4. The Morgan fingerprint density at radius 1 is 1.08 bits per heavy atom. The van der Waals surface area contributed by atoms with Gasteiger partial charge < -0.3 is 4.74 Å². The molecule has 0 radical (unpaired) electrons. The van der Waals surface area contributed by atoms with Crippen LogP contribution in [0.3, 0.4) is 0 Å². The molecule has 0 fully saturated rings. The maximum atomic E-state index is 12.2. The molecule has 0 aromatic heterocycles. The molecule has 1 aromatic carbocycles. The Morgan fingerprint density at radius 2 is 1.62 bits per heavy atom. The summed E-state index contributed by atoms with van der Waals surface area (Å²) in [5.41, 5.74) is 0. The Balaban J connectivity index is 2.76. The topological polar surface area (TPSA) is 9.23 Å². The lowest BCUT2D eigenvalue weighted by Gasteiger charge is -2.00. The molecule has 5 heteroatoms. The molecule has 13 heavy (non-hydrogen) atoms. The van der Waals surface area contributed by atoms with Crippen molar-refractivity contribution in [2.45, 2.75) is 0 Å². The van der Waals surface area contributed by atoms with Crippen molar-refractivity contribution in [1.82, 2.24) is 0 Å². The van der Waals surface area contributed by atoms with Gasteiger partial charge in [0, 0.05) is 3.57 Å². The number of benzene rings is 1. The van der Waals surface area contributed by atoms with Crippen molar-refractivity contribution in [1.29, 1.82) is 0 Å². The highest BCUT2D eigenvalue weighted by molar-refractivity contribution is 14.1. The second-order valence-electron chi connectivity index (χ2n) is 2.09. The fourth-order valence-electron chi connectivity index (χ4n) is 0.645. The maximum Gasteiger partial charge on any atom is 0.344 e. The van der Waals surface area contributed by atoms with E-state index in [-0.39, 0.29) is 5.75 Å². The van der Waals surface area contributed by atoms with Gasteiger partial charge in [-0.2, -0.15) is 13.2 Å². The highest BCUT2D eigenvalue weighted by atomic mass is 127. The van der Waals surface area contributed by atoms with Crippen LogP contribution in [0.2, 0.25) is 0 Å². The molecule has 0 heterocycles. The molecule has 0 N–H and O–H groups in total. The Kier molecular flexibility index (Phi) is 3.58. The largest absolute Gasteiger partial charge is 0.428 e. The van der Waals surface area contributed by atoms with Crippen molar-refractivity contribution < 1.29 is 17.9 Å². The molecule has 0 aliphatic carbocycles. The molecule has 1 aromatic rings. The molecule has 0 saturated carbocycles. The molecule has 0 bridgehead atoms. The van der Waals surface area contributed by atoms with E-state index >= 15 is 0 Å². The van der Waals surface area contributed by atoms with Gasteiger partial charge in [-0.1, -0.05) is 0 Å². The molecule has 0 unspecified atom stereocenters. The first-order valence-corrected chi connectivity index (χ1v) is 4.31. The van der Waals surface area contributed by atoms with Crippen LogP contribution in [0.4, 0.5) is 13.2 Å². The third kappa shape index (κ3) is 3.25. The second kappa shape index (κ2) is 4.50. The van der Waals surface area contributed by atoms with E-state index in [0.717, 1.165) is 3.57 Å². The van der Waals surface area contributed by atoms with Gasteiger partial charge in [-0.3, -0.25) is 0 Å². The van der Waals surface area contributed by atoms with Gasteiger partial charge in [0.25, 0.3) is 0 Å². The normalized spacial score (nSPS) is 9.54. The molecular formula is C8H4F3IO. The van der Waals surface area contributed by atoms with Crippen molar-refractivity contribution in [2.75, 3.05) is 0 Å². The van der Waals surface area contributed by atoms with Crippen LogP contribution in [0.25, 0.3) is 0 Å². The Labute approximate surface area is 86.3 Å². The molecule has 0 aliphatic heterocycles. The van der Waals surface area contributed by atoms with Gasteiger partial charge >= 0.3 is 12.1 Å². The number of hydrogen-bond acceptors (Lipinski definition) is 1. The third-order valence-corrected chi connectivity index (χ3v) is 1.89. The molecule has 0 amide bonds. The van der Waals surface area contributed by atoms with Crippen LogP contribution < -0.4 is 4.74 Å². The summed E-state index contributed by atoms with van der Waals surface area (Å²) in [5.74, 6) is 0.0470. The minimum atomic E-state index is -2.46. The van der Waals surface area contributed by atoms with E-state index in [9.17, 15) is 13.2 Å². The lowest BCUT2D eigenvalue weighted by molar-refractivity contribution is 0.241. The van der Waals surface area contributed by atoms with Gasteiger partial charge in [-0.25, -0.2) is 0 Å². The summed E-state index contributed by atoms with van der Waals surface area (Å²) in [7, 11) is 0. The van der Waals surface area contributed by atoms with Gasteiger partial charge in [0.2, 0.25) is 0 Å². The SMILES string of the molecule is FC(F)=C(F)Oc1ccc(I)cc1. The van der Waals surface area contributed by atoms with Crippen molar-refractivity contribution in [2.24, 2.45) is 0 Å². The van der Waals surface area contributed by atoms with Crippen LogP contribution in [0, 0.1) is 3.57 Å². The minimum absolute atomic E-state index is 0.0470. The predicted molar refractivity (Wildman–Crippen MR) is 50.1 cm³/mol. The molecule has 1 nitrogen and oxygen atoms in total. The molecule has 1 rings (SSSR count). The van der Waals surface area contributed by atoms with Crippen molar-refractivity contribution in [3.05, 3.63) is 39.9 Å². The summed E-state index contributed by atoms with van der Waals surface area (Å²) in [6.45, 7) is 0. The van der Waals surface area contributed by atoms with Crippen LogP contribution >= 0.6 is 22.6 Å². The fraction of sp³-hybridized carbons (Fsp3) is 0. The lowest BCUT2D eigenvalue weighted by atomic mass is 10.3. The monoisotopic (exact) mass is 300 g/mol. The van der Waals surface area contributed by atoms with Crippen molar-refractivity contribution in [3.63, 3.8) is 0 Å². The standard InChI is InChI=1S/C8H4F3IO/c9-7(10)8(11)13-6-3-1-5(12)2-4-6/h1-4H. The number of ether oxygens (including phenoxy) is 1. The summed E-state index contributed by atoms with van der Waals surface area (Å²) in [4.78, 5) is 0. The van der Waals surface area contributed by atoms with Gasteiger partial charge in [-0.05, 0) is 46.9 Å². The Morgan fingerprint density at radius 3 is 2.08 bits per heavy atom. The van der Waals surface area contributed by atoms with Gasteiger partial charge in [0.05, 0.1) is 0 Å². The first-order valence-electron chi connectivity index (χ1n) is 3.24. The smallest absolute Gasteiger partial charge is 0.344 e. The van der Waals surface area contributed by atoms with E-state index in [1.54, 1.807) is 12.1 Å². The van der Waals surface area contributed by atoms with Crippen LogP contribution in [0.1, 0.15) is 0 Å². The molecule has 0 aliphatic rings. The summed E-state index contributed by atoms with van der Waals surface area (Å²) in [6.07, 6.45) is -2.46. The lowest BCUT2D eigenvalue weighted by Crippen LogP contribution is -1.90. The summed E-state index contributed by atoms with van der Waals surface area (Å²) in [6, 6.07) is 4.20. The van der Waals surface area contributed by atoms with Gasteiger partial charge in [0.1, 0.15) is 5.75 Å². The van der Waals surface area contributed by atoms with Crippen LogP contribution in [0.5, 0.6) is 5.75 Å². The van der Waals surface area contributed by atoms with E-state index in [1.807, 2.05) is 22.6 Å². The molecule has 0 saturated heterocycles. The molecule has 0 atom stereocenters. The highest BCUT2D eigenvalue weighted by Gasteiger charge is 2.06. The van der Waals surface area contributed by atoms with E-state index in [4.69, 9.17) is 0 Å². The van der Waals surface area contributed by atoms with Gasteiger partial charge in [-0.15, -0.1) is 0 Å². The third-order valence-electron chi connectivity index (χ3n) is 1.17. The van der Waals surface area contributed by atoms with Crippen LogP contribution in [-0.4, -0.2) is 0 Å². The summed E-state index contributed by atoms with van der Waals surface area (Å²) >= 11 is 2.03. The van der Waals surface area contributed by atoms with E-state index in [1.165, 1.54) is 12.1 Å². The quantitative estimate of drug-likeness (QED) is 0.597. The van der Waals surface area contributed by atoms with E-state index in [2.05, 4.69) is 4.74 Å². The predicted octanol–water partition coefficient (Wildman–Crippen LogP) is 3.71. The van der Waals surface area contributed by atoms with E-state index < -0.39 is 12.1 Å². The molecule has 0 spiro atoms. The van der Waals surface area contributed by atoms with Crippen molar-refractivity contribution >= 4 is 22.6 Å². The number of hydrogen-bond donors (Lipinski definition) is 0. The van der Waals surface area contributed by atoms with E-state index in [0.29, 0.717) is 0 Å². The summed E-state index contributed by atoms with van der Waals surface area (Å²) < 4.78 is 40.5. The second-order valence-corrected chi connectivity index (χ2v) is 3.34. The first-order chi connectivity index (χ1) is 6.09. The van der Waals surface area contributed by atoms with Crippen LogP contribution in [-0.2, 0) is 0 Å². The van der Waals surface area contributed by atoms with Crippen LogP contribution in [0.15, 0.2) is 36.4 Å².